The Hall–Kier alpha value is -1.15. The first-order valence-corrected chi connectivity index (χ1v) is 8.05. The lowest BCUT2D eigenvalue weighted by molar-refractivity contribution is 0.141. The Morgan fingerprint density at radius 2 is 1.95 bits per heavy atom. The van der Waals surface area contributed by atoms with Crippen molar-refractivity contribution < 1.29 is 23.0 Å². The van der Waals surface area contributed by atoms with Crippen LogP contribution in [0.4, 0.5) is 0 Å². The first-order chi connectivity index (χ1) is 9.75. The molecule has 0 radical (unpaired) electrons. The van der Waals surface area contributed by atoms with Gasteiger partial charge in [-0.25, -0.2) is 13.1 Å². The molecule has 0 spiro atoms. The summed E-state index contributed by atoms with van der Waals surface area (Å²) in [5, 5.41) is 9.11. The second-order valence-corrected chi connectivity index (χ2v) is 7.02. The minimum absolute atomic E-state index is 0.140. The molecule has 0 aliphatic rings. The first-order valence-electron chi connectivity index (χ1n) is 6.56. The van der Waals surface area contributed by atoms with Gasteiger partial charge in [-0.2, -0.15) is 0 Å². The maximum absolute atomic E-state index is 12.5. The van der Waals surface area contributed by atoms with Crippen LogP contribution in [-0.4, -0.2) is 46.5 Å². The van der Waals surface area contributed by atoms with Crippen molar-refractivity contribution in [2.45, 2.75) is 30.7 Å². The Morgan fingerprint density at radius 3 is 2.48 bits per heavy atom. The number of aliphatic hydroxyl groups is 1. The summed E-state index contributed by atoms with van der Waals surface area (Å²) in [4.78, 5) is 0.140. The average Bonchev–Trinajstić information content (AvgIpc) is 2.37. The molecule has 1 rings (SSSR count). The van der Waals surface area contributed by atoms with Gasteiger partial charge in [0, 0.05) is 13.7 Å². The molecule has 0 saturated carbocycles. The highest BCUT2D eigenvalue weighted by molar-refractivity contribution is 7.89. The standard InChI is InChI=1S/C14H23NO5S/c1-14(2,10-19-3)15-21(17,18)13-6-5-12(20-4)9-11(13)7-8-16/h5-6,9,15-16H,7-8,10H2,1-4H3. The van der Waals surface area contributed by atoms with Crippen molar-refractivity contribution >= 4 is 10.0 Å². The van der Waals surface area contributed by atoms with Gasteiger partial charge in [0.15, 0.2) is 0 Å². The number of ether oxygens (including phenoxy) is 2. The normalized spacial score (nSPS) is 12.4. The molecule has 2 N–H and O–H groups in total. The molecule has 0 aliphatic carbocycles. The molecule has 1 aromatic rings. The van der Waals surface area contributed by atoms with Gasteiger partial charge in [-0.3, -0.25) is 0 Å². The molecule has 0 fully saturated rings. The van der Waals surface area contributed by atoms with E-state index in [0.29, 0.717) is 11.3 Å². The van der Waals surface area contributed by atoms with Gasteiger partial charge >= 0.3 is 0 Å². The minimum atomic E-state index is -3.71. The summed E-state index contributed by atoms with van der Waals surface area (Å²) in [6.45, 7) is 3.58. The summed E-state index contributed by atoms with van der Waals surface area (Å²) in [7, 11) is -0.694. The van der Waals surface area contributed by atoms with Crippen LogP contribution in [0, 0.1) is 0 Å². The number of nitrogens with one attached hydrogen (secondary N) is 1. The van der Waals surface area contributed by atoms with Crippen LogP contribution in [0.2, 0.25) is 0 Å². The molecule has 120 valence electrons. The molecule has 1 aromatic carbocycles. The van der Waals surface area contributed by atoms with Crippen molar-refractivity contribution in [2.75, 3.05) is 27.4 Å². The van der Waals surface area contributed by atoms with Crippen LogP contribution >= 0.6 is 0 Å². The van der Waals surface area contributed by atoms with E-state index in [9.17, 15) is 8.42 Å². The van der Waals surface area contributed by atoms with Crippen molar-refractivity contribution in [3.05, 3.63) is 23.8 Å². The Labute approximate surface area is 126 Å². The van der Waals surface area contributed by atoms with Crippen molar-refractivity contribution in [1.29, 1.82) is 0 Å². The largest absolute Gasteiger partial charge is 0.497 e. The maximum Gasteiger partial charge on any atom is 0.241 e. The van der Waals surface area contributed by atoms with Crippen LogP contribution in [-0.2, 0) is 21.2 Å². The molecule has 0 bridgehead atoms. The van der Waals surface area contributed by atoms with Crippen molar-refractivity contribution in [3.8, 4) is 5.75 Å². The zero-order valence-corrected chi connectivity index (χ0v) is 13.7. The number of methoxy groups -OCH3 is 2. The van der Waals surface area contributed by atoms with E-state index in [1.165, 1.54) is 20.3 Å². The molecule has 0 saturated heterocycles. The maximum atomic E-state index is 12.5. The van der Waals surface area contributed by atoms with E-state index >= 15 is 0 Å². The van der Waals surface area contributed by atoms with Crippen molar-refractivity contribution in [3.63, 3.8) is 0 Å². The Morgan fingerprint density at radius 1 is 1.29 bits per heavy atom. The molecule has 0 amide bonds. The molecule has 21 heavy (non-hydrogen) atoms. The second-order valence-electron chi connectivity index (χ2n) is 5.37. The predicted octanol–water partition coefficient (Wildman–Crippen LogP) is 0.933. The zero-order valence-electron chi connectivity index (χ0n) is 12.8. The number of sulfonamides is 1. The molecular formula is C14H23NO5S. The van der Waals surface area contributed by atoms with E-state index in [4.69, 9.17) is 14.6 Å². The third-order valence-corrected chi connectivity index (χ3v) is 4.65. The summed E-state index contributed by atoms with van der Waals surface area (Å²) >= 11 is 0. The molecule has 6 nitrogen and oxygen atoms in total. The van der Waals surface area contributed by atoms with Crippen LogP contribution in [0.1, 0.15) is 19.4 Å². The fourth-order valence-corrected chi connectivity index (χ4v) is 3.72. The van der Waals surface area contributed by atoms with E-state index in [1.54, 1.807) is 26.0 Å². The topological polar surface area (TPSA) is 84.9 Å². The van der Waals surface area contributed by atoms with Crippen LogP contribution < -0.4 is 9.46 Å². The molecule has 0 atom stereocenters. The Kier molecular flexibility index (Phi) is 6.15. The zero-order chi connectivity index (χ0) is 16.1. The highest BCUT2D eigenvalue weighted by Gasteiger charge is 2.28. The molecular weight excluding hydrogens is 294 g/mol. The van der Waals surface area contributed by atoms with Gasteiger partial charge in [-0.1, -0.05) is 0 Å². The van der Waals surface area contributed by atoms with Gasteiger partial charge in [0.25, 0.3) is 0 Å². The summed E-state index contributed by atoms with van der Waals surface area (Å²) in [5.74, 6) is 0.550. The van der Waals surface area contributed by atoms with E-state index in [2.05, 4.69) is 4.72 Å². The number of rotatable bonds is 8. The Bertz CT molecular complexity index is 569. The number of benzene rings is 1. The Balaban J connectivity index is 3.18. The van der Waals surface area contributed by atoms with Gasteiger partial charge in [0.2, 0.25) is 10.0 Å². The van der Waals surface area contributed by atoms with E-state index < -0.39 is 15.6 Å². The fraction of sp³-hybridized carbons (Fsp3) is 0.571. The highest BCUT2D eigenvalue weighted by atomic mass is 32.2. The minimum Gasteiger partial charge on any atom is -0.497 e. The van der Waals surface area contributed by atoms with Gasteiger partial charge in [-0.05, 0) is 44.0 Å². The molecule has 0 aromatic heterocycles. The van der Waals surface area contributed by atoms with E-state index in [0.717, 1.165) is 0 Å². The van der Waals surface area contributed by atoms with Gasteiger partial charge in [0.1, 0.15) is 5.75 Å². The number of hydrogen-bond donors (Lipinski definition) is 2. The third kappa shape index (κ3) is 4.96. The SMILES string of the molecule is COCC(C)(C)NS(=O)(=O)c1ccc(OC)cc1CCO. The fourth-order valence-electron chi connectivity index (χ4n) is 2.07. The summed E-state index contributed by atoms with van der Waals surface area (Å²) < 4.78 is 37.8. The highest BCUT2D eigenvalue weighted by Crippen LogP contribution is 2.23. The monoisotopic (exact) mass is 317 g/mol. The predicted molar refractivity (Wildman–Crippen MR) is 80.1 cm³/mol. The molecule has 0 heterocycles. The van der Waals surface area contributed by atoms with Crippen LogP contribution in [0.5, 0.6) is 5.75 Å². The number of aliphatic hydroxyl groups excluding tert-OH is 1. The van der Waals surface area contributed by atoms with Crippen LogP contribution in [0.25, 0.3) is 0 Å². The molecule has 0 aliphatic heterocycles. The van der Waals surface area contributed by atoms with Crippen molar-refractivity contribution in [2.24, 2.45) is 0 Å². The van der Waals surface area contributed by atoms with Gasteiger partial charge < -0.3 is 14.6 Å². The second kappa shape index (κ2) is 7.22. The molecule has 7 heteroatoms. The van der Waals surface area contributed by atoms with Gasteiger partial charge in [0.05, 0.1) is 24.2 Å². The van der Waals surface area contributed by atoms with E-state index in [-0.39, 0.29) is 24.5 Å². The van der Waals surface area contributed by atoms with E-state index in [1.807, 2.05) is 0 Å². The van der Waals surface area contributed by atoms with Crippen molar-refractivity contribution in [1.82, 2.24) is 4.72 Å². The van der Waals surface area contributed by atoms with Crippen LogP contribution in [0.15, 0.2) is 23.1 Å². The summed E-state index contributed by atoms with van der Waals surface area (Å²) in [6.07, 6.45) is 0.234. The van der Waals surface area contributed by atoms with Gasteiger partial charge in [-0.15, -0.1) is 0 Å². The average molecular weight is 317 g/mol. The number of hydrogen-bond acceptors (Lipinski definition) is 5. The third-order valence-electron chi connectivity index (χ3n) is 2.85. The molecule has 0 unspecified atom stereocenters. The quantitative estimate of drug-likeness (QED) is 0.745. The first kappa shape index (κ1) is 17.9. The summed E-state index contributed by atoms with van der Waals surface area (Å²) in [5.41, 5.74) is -0.221. The smallest absolute Gasteiger partial charge is 0.241 e. The van der Waals surface area contributed by atoms with Crippen LogP contribution in [0.3, 0.4) is 0 Å². The lowest BCUT2D eigenvalue weighted by Gasteiger charge is -2.25. The lowest BCUT2D eigenvalue weighted by atomic mass is 10.1. The lowest BCUT2D eigenvalue weighted by Crippen LogP contribution is -2.46. The summed E-state index contributed by atoms with van der Waals surface area (Å²) in [6, 6.07) is 4.68.